The maximum atomic E-state index is 12.7. The average molecular weight is 381 g/mol. The van der Waals surface area contributed by atoms with Gasteiger partial charge >= 0.3 is 0 Å². The van der Waals surface area contributed by atoms with Gasteiger partial charge in [0.1, 0.15) is 5.75 Å². The maximum absolute atomic E-state index is 12.7. The third-order valence-corrected chi connectivity index (χ3v) is 5.21. The number of aromatic nitrogens is 2. The standard InChI is InChI=1S/C20H23N5O3/c1-28-15-5-2-4-14(12-15)23-18(26)16-13-17(16)19(27)24-8-10-25(11-9-24)20-21-6-3-7-22-20/h2-7,12,16-17H,8-11,13H2,1H3,(H,23,26). The van der Waals surface area contributed by atoms with Crippen LogP contribution in [0.2, 0.25) is 0 Å². The molecule has 1 aliphatic heterocycles. The van der Waals surface area contributed by atoms with Gasteiger partial charge in [-0.05, 0) is 24.6 Å². The van der Waals surface area contributed by atoms with Crippen LogP contribution in [0, 0.1) is 11.8 Å². The quantitative estimate of drug-likeness (QED) is 0.843. The molecule has 28 heavy (non-hydrogen) atoms. The second-order valence-corrected chi connectivity index (χ2v) is 7.03. The van der Waals surface area contributed by atoms with Crippen molar-refractivity contribution >= 4 is 23.5 Å². The number of hydrogen-bond donors (Lipinski definition) is 1. The number of nitrogens with one attached hydrogen (secondary N) is 1. The first-order chi connectivity index (χ1) is 13.7. The molecule has 2 unspecified atom stereocenters. The molecule has 8 nitrogen and oxygen atoms in total. The predicted molar refractivity (Wildman–Crippen MR) is 104 cm³/mol. The van der Waals surface area contributed by atoms with E-state index in [1.807, 2.05) is 23.1 Å². The number of methoxy groups -OCH3 is 1. The summed E-state index contributed by atoms with van der Waals surface area (Å²) in [7, 11) is 1.58. The number of ether oxygens (including phenoxy) is 1. The highest BCUT2D eigenvalue weighted by Crippen LogP contribution is 2.41. The number of nitrogens with zero attached hydrogens (tertiary/aromatic N) is 4. The van der Waals surface area contributed by atoms with E-state index in [9.17, 15) is 9.59 Å². The number of hydrogen-bond acceptors (Lipinski definition) is 6. The van der Waals surface area contributed by atoms with E-state index in [4.69, 9.17) is 4.74 Å². The number of anilines is 2. The minimum atomic E-state index is -0.255. The Hall–Kier alpha value is -3.16. The molecule has 1 saturated carbocycles. The second-order valence-electron chi connectivity index (χ2n) is 7.03. The lowest BCUT2D eigenvalue weighted by atomic mass is 10.2. The summed E-state index contributed by atoms with van der Waals surface area (Å²) in [6.07, 6.45) is 4.04. The predicted octanol–water partition coefficient (Wildman–Crippen LogP) is 1.41. The van der Waals surface area contributed by atoms with Gasteiger partial charge in [0.15, 0.2) is 0 Å². The van der Waals surface area contributed by atoms with E-state index in [0.29, 0.717) is 50.0 Å². The van der Waals surface area contributed by atoms with Crippen LogP contribution in [0.15, 0.2) is 42.7 Å². The minimum absolute atomic E-state index is 0.0689. The highest BCUT2D eigenvalue weighted by Gasteiger charge is 2.49. The van der Waals surface area contributed by atoms with Crippen molar-refractivity contribution in [3.05, 3.63) is 42.7 Å². The molecule has 2 atom stereocenters. The summed E-state index contributed by atoms with van der Waals surface area (Å²) in [6, 6.07) is 9.00. The lowest BCUT2D eigenvalue weighted by molar-refractivity contribution is -0.134. The molecule has 1 N–H and O–H groups in total. The molecule has 2 amide bonds. The fourth-order valence-electron chi connectivity index (χ4n) is 3.51. The van der Waals surface area contributed by atoms with Crippen LogP contribution in [0.3, 0.4) is 0 Å². The van der Waals surface area contributed by atoms with Crippen molar-refractivity contribution < 1.29 is 14.3 Å². The molecule has 146 valence electrons. The van der Waals surface area contributed by atoms with Crippen LogP contribution in [0.5, 0.6) is 5.75 Å². The smallest absolute Gasteiger partial charge is 0.228 e. The third-order valence-electron chi connectivity index (χ3n) is 5.21. The molecule has 1 saturated heterocycles. The van der Waals surface area contributed by atoms with Crippen LogP contribution in [0.1, 0.15) is 6.42 Å². The molecule has 0 radical (unpaired) electrons. The van der Waals surface area contributed by atoms with Crippen molar-refractivity contribution in [2.45, 2.75) is 6.42 Å². The van der Waals surface area contributed by atoms with Crippen LogP contribution in [0.4, 0.5) is 11.6 Å². The number of carbonyl (C=O) groups is 2. The van der Waals surface area contributed by atoms with E-state index in [2.05, 4.69) is 20.2 Å². The van der Waals surface area contributed by atoms with Gasteiger partial charge in [-0.3, -0.25) is 9.59 Å². The van der Waals surface area contributed by atoms with Gasteiger partial charge in [-0.15, -0.1) is 0 Å². The normalized spacial score (nSPS) is 21.2. The summed E-state index contributed by atoms with van der Waals surface area (Å²) in [5.74, 6) is 0.861. The SMILES string of the molecule is COc1cccc(NC(=O)C2CC2C(=O)N2CCN(c3ncccn3)CC2)c1. The number of rotatable bonds is 5. The van der Waals surface area contributed by atoms with Crippen LogP contribution in [-0.2, 0) is 9.59 Å². The van der Waals surface area contributed by atoms with E-state index in [-0.39, 0.29) is 23.7 Å². The van der Waals surface area contributed by atoms with E-state index in [1.165, 1.54) is 0 Å². The van der Waals surface area contributed by atoms with Gasteiger partial charge in [-0.1, -0.05) is 6.07 Å². The Kier molecular flexibility index (Phi) is 5.10. The number of amides is 2. The average Bonchev–Trinajstić information content (AvgIpc) is 3.55. The first-order valence-electron chi connectivity index (χ1n) is 9.41. The number of benzene rings is 1. The summed E-state index contributed by atoms with van der Waals surface area (Å²) in [4.78, 5) is 37.6. The first-order valence-corrected chi connectivity index (χ1v) is 9.41. The van der Waals surface area contributed by atoms with Crippen LogP contribution in [-0.4, -0.2) is 60.0 Å². The summed E-state index contributed by atoms with van der Waals surface area (Å²) >= 11 is 0. The van der Waals surface area contributed by atoms with E-state index >= 15 is 0 Å². The zero-order valence-electron chi connectivity index (χ0n) is 15.7. The Morgan fingerprint density at radius 3 is 2.54 bits per heavy atom. The van der Waals surface area contributed by atoms with Crippen LogP contribution in [0.25, 0.3) is 0 Å². The highest BCUT2D eigenvalue weighted by molar-refractivity contribution is 5.99. The second kappa shape index (κ2) is 7.84. The van der Waals surface area contributed by atoms with Crippen LogP contribution < -0.4 is 15.0 Å². The van der Waals surface area contributed by atoms with Crippen molar-refractivity contribution in [1.82, 2.24) is 14.9 Å². The molecule has 1 aromatic heterocycles. The van der Waals surface area contributed by atoms with Gasteiger partial charge < -0.3 is 19.9 Å². The Labute approximate surface area is 163 Å². The molecule has 1 aliphatic carbocycles. The van der Waals surface area contributed by atoms with Crippen LogP contribution >= 0.6 is 0 Å². The molecule has 1 aromatic carbocycles. The van der Waals surface area contributed by atoms with Crippen molar-refractivity contribution in [3.8, 4) is 5.75 Å². The topological polar surface area (TPSA) is 87.7 Å². The zero-order valence-corrected chi connectivity index (χ0v) is 15.7. The zero-order chi connectivity index (χ0) is 19.5. The Morgan fingerprint density at radius 1 is 1.07 bits per heavy atom. The van der Waals surface area contributed by atoms with Gasteiger partial charge in [-0.2, -0.15) is 0 Å². The van der Waals surface area contributed by atoms with Gasteiger partial charge in [0.2, 0.25) is 17.8 Å². The lowest BCUT2D eigenvalue weighted by Gasteiger charge is -2.34. The fourth-order valence-corrected chi connectivity index (χ4v) is 3.51. The number of carbonyl (C=O) groups excluding carboxylic acids is 2. The third kappa shape index (κ3) is 3.90. The molecule has 8 heteroatoms. The molecular formula is C20H23N5O3. The fraction of sp³-hybridized carbons (Fsp3) is 0.400. The summed E-state index contributed by atoms with van der Waals surface area (Å²) in [6.45, 7) is 2.64. The van der Waals surface area contributed by atoms with E-state index in [1.54, 1.807) is 31.6 Å². The van der Waals surface area contributed by atoms with Gasteiger partial charge in [0, 0.05) is 50.3 Å². The molecule has 0 bridgehead atoms. The molecule has 0 spiro atoms. The summed E-state index contributed by atoms with van der Waals surface area (Å²) in [5, 5.41) is 2.88. The maximum Gasteiger partial charge on any atom is 0.228 e. The molecular weight excluding hydrogens is 358 g/mol. The van der Waals surface area contributed by atoms with Crippen molar-refractivity contribution in [2.24, 2.45) is 11.8 Å². The van der Waals surface area contributed by atoms with Crippen molar-refractivity contribution in [3.63, 3.8) is 0 Å². The Balaban J connectivity index is 1.28. The van der Waals surface area contributed by atoms with Gasteiger partial charge in [-0.25, -0.2) is 9.97 Å². The lowest BCUT2D eigenvalue weighted by Crippen LogP contribution is -2.50. The Morgan fingerprint density at radius 2 is 1.82 bits per heavy atom. The summed E-state index contributed by atoms with van der Waals surface area (Å²) < 4.78 is 5.17. The monoisotopic (exact) mass is 381 g/mol. The Bertz CT molecular complexity index is 852. The largest absolute Gasteiger partial charge is 0.497 e. The molecule has 2 fully saturated rings. The molecule has 2 aliphatic rings. The first kappa shape index (κ1) is 18.2. The minimum Gasteiger partial charge on any atom is -0.497 e. The summed E-state index contributed by atoms with van der Waals surface area (Å²) in [5.41, 5.74) is 0.680. The van der Waals surface area contributed by atoms with E-state index in [0.717, 1.165) is 0 Å². The molecule has 4 rings (SSSR count). The molecule has 2 aromatic rings. The van der Waals surface area contributed by atoms with Gasteiger partial charge in [0.05, 0.1) is 18.9 Å². The van der Waals surface area contributed by atoms with Crippen molar-refractivity contribution in [2.75, 3.05) is 43.5 Å². The highest BCUT2D eigenvalue weighted by atomic mass is 16.5. The van der Waals surface area contributed by atoms with E-state index < -0.39 is 0 Å². The van der Waals surface area contributed by atoms with Crippen molar-refractivity contribution in [1.29, 1.82) is 0 Å². The van der Waals surface area contributed by atoms with Gasteiger partial charge in [0.25, 0.3) is 0 Å². The number of piperazine rings is 1. The molecule has 2 heterocycles.